The average Bonchev–Trinajstić information content (AvgIpc) is 2.35. The van der Waals surface area contributed by atoms with Crippen molar-refractivity contribution >= 4 is 49.1 Å². The highest BCUT2D eigenvalue weighted by molar-refractivity contribution is 9.11. The van der Waals surface area contributed by atoms with Crippen LogP contribution in [0.5, 0.6) is 0 Å². The highest BCUT2D eigenvalue weighted by atomic mass is 79.9. The quantitative estimate of drug-likeness (QED) is 0.812. The Morgan fingerprint density at radius 1 is 1.17 bits per heavy atom. The third kappa shape index (κ3) is 3.23. The molecule has 1 heterocycles. The molecule has 0 unspecified atom stereocenters. The Labute approximate surface area is 123 Å². The first-order valence-electron chi connectivity index (χ1n) is 5.61. The lowest BCUT2D eigenvalue weighted by atomic mass is 10.3. The summed E-state index contributed by atoms with van der Waals surface area (Å²) < 4.78 is 2.03. The van der Waals surface area contributed by atoms with Gasteiger partial charge >= 0.3 is 0 Å². The van der Waals surface area contributed by atoms with E-state index in [2.05, 4.69) is 47.5 Å². The number of nitrogens with zero attached hydrogens (tertiary/aromatic N) is 1. The summed E-state index contributed by atoms with van der Waals surface area (Å²) in [5.41, 5.74) is 2.00. The van der Waals surface area contributed by atoms with E-state index in [1.165, 1.54) is 0 Å². The number of hydrogen-bond acceptors (Lipinski definition) is 3. The van der Waals surface area contributed by atoms with Gasteiger partial charge in [-0.1, -0.05) is 6.07 Å². The van der Waals surface area contributed by atoms with Gasteiger partial charge in [0.25, 0.3) is 0 Å². The van der Waals surface area contributed by atoms with Crippen LogP contribution >= 0.6 is 31.9 Å². The molecule has 2 aromatic rings. The summed E-state index contributed by atoms with van der Waals surface area (Å²) in [5, 5.41) is 6.55. The molecule has 0 spiro atoms. The van der Waals surface area contributed by atoms with Crippen molar-refractivity contribution in [1.82, 2.24) is 4.98 Å². The molecule has 1 aromatic carbocycles. The molecule has 5 heteroatoms. The first kappa shape index (κ1) is 13.4. The van der Waals surface area contributed by atoms with Crippen molar-refractivity contribution in [3.63, 3.8) is 0 Å². The van der Waals surface area contributed by atoms with E-state index in [4.69, 9.17) is 0 Å². The van der Waals surface area contributed by atoms with Gasteiger partial charge in [-0.25, -0.2) is 4.98 Å². The maximum Gasteiger partial charge on any atom is 0.127 e. The monoisotopic (exact) mass is 369 g/mol. The topological polar surface area (TPSA) is 37.0 Å². The summed E-state index contributed by atoms with van der Waals surface area (Å²) in [5.74, 6) is 0.866. The number of nitrogens with one attached hydrogen (secondary N) is 2. The fourth-order valence-corrected chi connectivity index (χ4v) is 2.74. The van der Waals surface area contributed by atoms with Crippen molar-refractivity contribution in [1.29, 1.82) is 0 Å². The Morgan fingerprint density at radius 2 is 1.89 bits per heavy atom. The fourth-order valence-electron chi connectivity index (χ4n) is 1.55. The van der Waals surface area contributed by atoms with Crippen LogP contribution in [0.3, 0.4) is 0 Å². The number of hydrogen-bond donors (Lipinski definition) is 2. The molecule has 0 bridgehead atoms. The molecule has 0 fully saturated rings. The highest BCUT2D eigenvalue weighted by Gasteiger charge is 2.05. The molecule has 2 N–H and O–H groups in total. The zero-order chi connectivity index (χ0) is 13.0. The van der Waals surface area contributed by atoms with Crippen LogP contribution < -0.4 is 10.6 Å². The van der Waals surface area contributed by atoms with Crippen LogP contribution in [0.25, 0.3) is 0 Å². The van der Waals surface area contributed by atoms with E-state index in [0.717, 1.165) is 32.7 Å². The van der Waals surface area contributed by atoms with Crippen molar-refractivity contribution < 1.29 is 0 Å². The van der Waals surface area contributed by atoms with Crippen molar-refractivity contribution in [3.05, 3.63) is 45.5 Å². The predicted molar refractivity (Wildman–Crippen MR) is 83.5 cm³/mol. The lowest BCUT2D eigenvalue weighted by molar-refractivity contribution is 1.16. The molecular formula is C13H13Br2N3. The number of rotatable bonds is 4. The standard InChI is InChI=1S/C13H13Br2N3/c1-2-16-12-8-9(6-7-17-12)18-13-10(14)4-3-5-11(13)15/h3-8H,2H2,1H3,(H2,16,17,18). The minimum absolute atomic E-state index is 0.856. The maximum atomic E-state index is 4.24. The van der Waals surface area contributed by atoms with Crippen LogP contribution in [0, 0.1) is 0 Å². The fraction of sp³-hybridized carbons (Fsp3) is 0.154. The van der Waals surface area contributed by atoms with Gasteiger partial charge in [0.2, 0.25) is 0 Å². The van der Waals surface area contributed by atoms with E-state index >= 15 is 0 Å². The van der Waals surface area contributed by atoms with Gasteiger partial charge < -0.3 is 10.6 Å². The minimum atomic E-state index is 0.856. The van der Waals surface area contributed by atoms with Gasteiger partial charge in [0.15, 0.2) is 0 Å². The van der Waals surface area contributed by atoms with Crippen LogP contribution in [0.4, 0.5) is 17.2 Å². The van der Waals surface area contributed by atoms with Crippen molar-refractivity contribution in [2.24, 2.45) is 0 Å². The second kappa shape index (κ2) is 6.20. The van der Waals surface area contributed by atoms with Crippen LogP contribution in [-0.4, -0.2) is 11.5 Å². The molecule has 0 amide bonds. The number of benzene rings is 1. The van der Waals surface area contributed by atoms with Gasteiger partial charge in [0, 0.05) is 33.4 Å². The van der Waals surface area contributed by atoms with E-state index in [9.17, 15) is 0 Å². The Balaban J connectivity index is 2.26. The molecule has 0 saturated heterocycles. The SMILES string of the molecule is CCNc1cc(Nc2c(Br)cccc2Br)ccn1. The van der Waals surface area contributed by atoms with Crippen LogP contribution in [-0.2, 0) is 0 Å². The lowest BCUT2D eigenvalue weighted by Crippen LogP contribution is -2.00. The summed E-state index contributed by atoms with van der Waals surface area (Å²) in [6, 6.07) is 9.90. The predicted octanol–water partition coefficient (Wildman–Crippen LogP) is 4.78. The van der Waals surface area contributed by atoms with Crippen LogP contribution in [0.2, 0.25) is 0 Å². The molecular weight excluding hydrogens is 358 g/mol. The number of halogens is 2. The number of anilines is 3. The summed E-state index contributed by atoms with van der Waals surface area (Å²) in [6.07, 6.45) is 1.78. The number of pyridine rings is 1. The van der Waals surface area contributed by atoms with Gasteiger partial charge in [0.1, 0.15) is 5.82 Å². The first-order chi connectivity index (χ1) is 8.70. The molecule has 2 rings (SSSR count). The molecule has 0 saturated carbocycles. The van der Waals surface area contributed by atoms with Crippen molar-refractivity contribution in [2.45, 2.75) is 6.92 Å². The molecule has 0 aliphatic heterocycles. The zero-order valence-electron chi connectivity index (χ0n) is 9.87. The van der Waals surface area contributed by atoms with Crippen LogP contribution in [0.15, 0.2) is 45.5 Å². The second-order valence-corrected chi connectivity index (χ2v) is 5.39. The summed E-state index contributed by atoms with van der Waals surface area (Å²) in [6.45, 7) is 2.90. The summed E-state index contributed by atoms with van der Waals surface area (Å²) >= 11 is 7.06. The molecule has 0 aliphatic rings. The minimum Gasteiger partial charge on any atom is -0.370 e. The first-order valence-corrected chi connectivity index (χ1v) is 7.20. The zero-order valence-corrected chi connectivity index (χ0v) is 13.0. The Kier molecular flexibility index (Phi) is 4.60. The third-order valence-corrected chi connectivity index (χ3v) is 3.67. The van der Waals surface area contributed by atoms with Gasteiger partial charge in [-0.05, 0) is 57.0 Å². The summed E-state index contributed by atoms with van der Waals surface area (Å²) in [4.78, 5) is 4.24. The summed E-state index contributed by atoms with van der Waals surface area (Å²) in [7, 11) is 0. The van der Waals surface area contributed by atoms with Crippen molar-refractivity contribution in [3.8, 4) is 0 Å². The van der Waals surface area contributed by atoms with Gasteiger partial charge in [-0.3, -0.25) is 0 Å². The van der Waals surface area contributed by atoms with Gasteiger partial charge in [-0.2, -0.15) is 0 Å². The van der Waals surface area contributed by atoms with Crippen molar-refractivity contribution in [2.75, 3.05) is 17.2 Å². The van der Waals surface area contributed by atoms with E-state index in [1.54, 1.807) is 6.20 Å². The molecule has 0 atom stereocenters. The normalized spacial score (nSPS) is 10.2. The molecule has 1 aromatic heterocycles. The Morgan fingerprint density at radius 3 is 2.56 bits per heavy atom. The van der Waals surface area contributed by atoms with E-state index in [0.29, 0.717) is 0 Å². The molecule has 0 aliphatic carbocycles. The maximum absolute atomic E-state index is 4.24. The molecule has 3 nitrogen and oxygen atoms in total. The van der Waals surface area contributed by atoms with Gasteiger partial charge in [0.05, 0.1) is 5.69 Å². The third-order valence-electron chi connectivity index (χ3n) is 2.35. The largest absolute Gasteiger partial charge is 0.370 e. The smallest absolute Gasteiger partial charge is 0.127 e. The van der Waals surface area contributed by atoms with E-state index in [1.807, 2.05) is 37.3 Å². The Bertz CT molecular complexity index is 523. The molecule has 94 valence electrons. The number of aromatic nitrogens is 1. The average molecular weight is 371 g/mol. The highest BCUT2D eigenvalue weighted by Crippen LogP contribution is 2.33. The van der Waals surface area contributed by atoms with Gasteiger partial charge in [-0.15, -0.1) is 0 Å². The molecule has 0 radical (unpaired) electrons. The second-order valence-electron chi connectivity index (χ2n) is 3.68. The van der Waals surface area contributed by atoms with Crippen LogP contribution in [0.1, 0.15) is 6.92 Å². The van der Waals surface area contributed by atoms with E-state index < -0.39 is 0 Å². The van der Waals surface area contributed by atoms with E-state index in [-0.39, 0.29) is 0 Å². The number of para-hydroxylation sites is 1. The Hall–Kier alpha value is -1.07. The molecule has 18 heavy (non-hydrogen) atoms. The lowest BCUT2D eigenvalue weighted by Gasteiger charge is -2.11.